The first-order chi connectivity index (χ1) is 10.8. The molecule has 0 aliphatic heterocycles. The minimum atomic E-state index is -0.306. The molecule has 22 heavy (non-hydrogen) atoms. The Balaban J connectivity index is 2.09. The van der Waals surface area contributed by atoms with Gasteiger partial charge in [0, 0.05) is 0 Å². The van der Waals surface area contributed by atoms with Gasteiger partial charge < -0.3 is 0 Å². The summed E-state index contributed by atoms with van der Waals surface area (Å²) in [5.41, 5.74) is 3.26. The monoisotopic (exact) mass is 287 g/mol. The lowest BCUT2D eigenvalue weighted by atomic mass is 9.73. The molecule has 0 radical (unpaired) electrons. The molecule has 0 heterocycles. The van der Waals surface area contributed by atoms with Crippen molar-refractivity contribution in [2.75, 3.05) is 0 Å². The maximum absolute atomic E-state index is 9.79. The highest BCUT2D eigenvalue weighted by atomic mass is 14.4. The summed E-state index contributed by atoms with van der Waals surface area (Å²) in [6.45, 7) is 0. The summed E-state index contributed by atoms with van der Waals surface area (Å²) in [6.07, 6.45) is 7.75. The molecular formula is C21H21N. The predicted molar refractivity (Wildman–Crippen MR) is 91.1 cm³/mol. The third-order valence-corrected chi connectivity index (χ3v) is 4.56. The molecule has 110 valence electrons. The number of rotatable bonds is 3. The lowest BCUT2D eigenvalue weighted by Crippen LogP contribution is -2.20. The molecule has 2 aromatic rings. The zero-order valence-electron chi connectivity index (χ0n) is 12.8. The Morgan fingerprint density at radius 1 is 0.818 bits per heavy atom. The molecule has 0 spiro atoms. The largest absolute Gasteiger partial charge is 0.197 e. The van der Waals surface area contributed by atoms with Crippen LogP contribution in [0.3, 0.4) is 0 Å². The number of benzene rings is 2. The first-order valence-corrected chi connectivity index (χ1v) is 8.08. The summed E-state index contributed by atoms with van der Waals surface area (Å²) in [7, 11) is 0. The molecule has 0 bridgehead atoms. The number of hydrogen-bond donors (Lipinski definition) is 0. The van der Waals surface area contributed by atoms with Gasteiger partial charge >= 0.3 is 0 Å². The van der Waals surface area contributed by atoms with Crippen LogP contribution < -0.4 is 0 Å². The topological polar surface area (TPSA) is 23.8 Å². The predicted octanol–water partition coefficient (Wildman–Crippen LogP) is 5.59. The van der Waals surface area contributed by atoms with Crippen molar-refractivity contribution in [2.24, 2.45) is 5.41 Å². The van der Waals surface area contributed by atoms with Crippen LogP contribution in [-0.2, 0) is 0 Å². The third kappa shape index (κ3) is 3.12. The van der Waals surface area contributed by atoms with Gasteiger partial charge in [0.2, 0.25) is 0 Å². The Labute approximate surface area is 132 Å². The lowest BCUT2D eigenvalue weighted by Gasteiger charge is -2.29. The first-order valence-electron chi connectivity index (χ1n) is 8.08. The summed E-state index contributed by atoms with van der Waals surface area (Å²) in [6, 6.07) is 23.5. The average Bonchev–Trinajstić information content (AvgIpc) is 2.62. The molecule has 1 heteroatoms. The van der Waals surface area contributed by atoms with E-state index in [0.717, 1.165) is 25.7 Å². The lowest BCUT2D eigenvalue weighted by molar-refractivity contribution is 0.336. The molecule has 0 N–H and O–H groups in total. The van der Waals surface area contributed by atoms with E-state index in [1.165, 1.54) is 23.1 Å². The smallest absolute Gasteiger partial charge is 0.0762 e. The van der Waals surface area contributed by atoms with Crippen LogP contribution in [0.4, 0.5) is 0 Å². The Hall–Kier alpha value is -2.33. The normalized spacial score (nSPS) is 16.5. The summed E-state index contributed by atoms with van der Waals surface area (Å²) >= 11 is 0. The Kier molecular flexibility index (Phi) is 4.39. The second kappa shape index (κ2) is 6.62. The van der Waals surface area contributed by atoms with Crippen molar-refractivity contribution in [1.29, 1.82) is 5.26 Å². The van der Waals surface area contributed by atoms with E-state index >= 15 is 0 Å². The van der Waals surface area contributed by atoms with Crippen molar-refractivity contribution in [3.05, 3.63) is 77.9 Å². The number of nitriles is 1. The second-order valence-electron chi connectivity index (χ2n) is 6.12. The molecule has 1 nitrogen and oxygen atoms in total. The van der Waals surface area contributed by atoms with Crippen LogP contribution in [0.5, 0.6) is 0 Å². The minimum Gasteiger partial charge on any atom is -0.197 e. The van der Waals surface area contributed by atoms with Crippen LogP contribution in [0.15, 0.2) is 66.7 Å². The Morgan fingerprint density at radius 2 is 1.32 bits per heavy atom. The second-order valence-corrected chi connectivity index (χ2v) is 6.12. The van der Waals surface area contributed by atoms with E-state index in [1.807, 2.05) is 12.1 Å². The van der Waals surface area contributed by atoms with Crippen molar-refractivity contribution in [1.82, 2.24) is 0 Å². The highest BCUT2D eigenvalue weighted by molar-refractivity contribution is 5.80. The number of allylic oxidation sites excluding steroid dienone is 1. The summed E-state index contributed by atoms with van der Waals surface area (Å²) in [5, 5.41) is 9.79. The van der Waals surface area contributed by atoms with Crippen molar-refractivity contribution in [2.45, 2.75) is 32.1 Å². The molecule has 0 amide bonds. The molecule has 2 aromatic carbocycles. The molecule has 1 aliphatic rings. The fourth-order valence-corrected chi connectivity index (χ4v) is 3.32. The van der Waals surface area contributed by atoms with E-state index < -0.39 is 0 Å². The molecule has 0 unspecified atom stereocenters. The molecule has 0 aromatic heterocycles. The zero-order valence-corrected chi connectivity index (χ0v) is 12.8. The summed E-state index contributed by atoms with van der Waals surface area (Å²) in [5.74, 6) is 0. The SMILES string of the molecule is N#CC1(C=C(c2ccccc2)c2ccccc2)CCCCC1. The fraction of sp³-hybridized carbons (Fsp3) is 0.286. The van der Waals surface area contributed by atoms with Crippen molar-refractivity contribution >= 4 is 5.57 Å². The van der Waals surface area contributed by atoms with Crippen LogP contribution in [0.2, 0.25) is 0 Å². The van der Waals surface area contributed by atoms with Crippen LogP contribution in [0.1, 0.15) is 43.2 Å². The first kappa shape index (κ1) is 14.6. The van der Waals surface area contributed by atoms with Gasteiger partial charge in [0.1, 0.15) is 0 Å². The third-order valence-electron chi connectivity index (χ3n) is 4.56. The Morgan fingerprint density at radius 3 is 1.77 bits per heavy atom. The van der Waals surface area contributed by atoms with E-state index in [-0.39, 0.29) is 5.41 Å². The van der Waals surface area contributed by atoms with Crippen molar-refractivity contribution < 1.29 is 0 Å². The molecule has 0 atom stereocenters. The summed E-state index contributed by atoms with van der Waals surface area (Å²) < 4.78 is 0. The van der Waals surface area contributed by atoms with Gasteiger partial charge in [-0.2, -0.15) is 5.26 Å². The van der Waals surface area contributed by atoms with Gasteiger partial charge in [-0.3, -0.25) is 0 Å². The maximum Gasteiger partial charge on any atom is 0.0762 e. The van der Waals surface area contributed by atoms with Gasteiger partial charge in [0.05, 0.1) is 11.5 Å². The fourth-order valence-electron chi connectivity index (χ4n) is 3.32. The van der Waals surface area contributed by atoms with E-state index in [2.05, 4.69) is 60.7 Å². The highest BCUT2D eigenvalue weighted by Crippen LogP contribution is 2.40. The van der Waals surface area contributed by atoms with E-state index in [4.69, 9.17) is 0 Å². The van der Waals surface area contributed by atoms with Gasteiger partial charge in [-0.05, 0) is 29.5 Å². The standard InChI is InChI=1S/C21H21N/c22-17-21(14-8-3-9-15-21)16-20(18-10-4-1-5-11-18)19-12-6-2-7-13-19/h1-2,4-7,10-13,16H,3,8-9,14-15H2. The molecule has 1 saturated carbocycles. The zero-order chi connectivity index (χ0) is 15.3. The van der Waals surface area contributed by atoms with Crippen molar-refractivity contribution in [3.8, 4) is 6.07 Å². The molecule has 0 saturated heterocycles. The van der Waals surface area contributed by atoms with Gasteiger partial charge in [-0.25, -0.2) is 0 Å². The van der Waals surface area contributed by atoms with E-state index in [1.54, 1.807) is 0 Å². The molecule has 3 rings (SSSR count). The van der Waals surface area contributed by atoms with Gasteiger partial charge in [-0.1, -0.05) is 86.0 Å². The van der Waals surface area contributed by atoms with Gasteiger partial charge in [0.25, 0.3) is 0 Å². The molecule has 1 aliphatic carbocycles. The average molecular weight is 287 g/mol. The Bertz CT molecular complexity index is 629. The highest BCUT2D eigenvalue weighted by Gasteiger charge is 2.30. The molecule has 1 fully saturated rings. The summed E-state index contributed by atoms with van der Waals surface area (Å²) in [4.78, 5) is 0. The number of hydrogen-bond acceptors (Lipinski definition) is 1. The van der Waals surface area contributed by atoms with Crippen molar-refractivity contribution in [3.63, 3.8) is 0 Å². The quantitative estimate of drug-likeness (QED) is 0.721. The van der Waals surface area contributed by atoms with Crippen LogP contribution >= 0.6 is 0 Å². The van der Waals surface area contributed by atoms with Crippen LogP contribution in [0.25, 0.3) is 5.57 Å². The molecular weight excluding hydrogens is 266 g/mol. The van der Waals surface area contributed by atoms with E-state index in [0.29, 0.717) is 0 Å². The minimum absolute atomic E-state index is 0.306. The van der Waals surface area contributed by atoms with Gasteiger partial charge in [-0.15, -0.1) is 0 Å². The maximum atomic E-state index is 9.79. The van der Waals surface area contributed by atoms with Crippen LogP contribution in [-0.4, -0.2) is 0 Å². The van der Waals surface area contributed by atoms with Gasteiger partial charge in [0.15, 0.2) is 0 Å². The van der Waals surface area contributed by atoms with E-state index in [9.17, 15) is 5.26 Å². The number of nitrogens with zero attached hydrogens (tertiary/aromatic N) is 1. The van der Waals surface area contributed by atoms with Crippen LogP contribution in [0, 0.1) is 16.7 Å².